The van der Waals surface area contributed by atoms with Gasteiger partial charge >= 0.3 is 0 Å². The van der Waals surface area contributed by atoms with E-state index in [0.717, 1.165) is 29.2 Å². The summed E-state index contributed by atoms with van der Waals surface area (Å²) in [5.74, 6) is 0.923. The highest BCUT2D eigenvalue weighted by Gasteiger charge is 2.07. The molecule has 0 fully saturated rings. The fourth-order valence-electron chi connectivity index (χ4n) is 1.92. The molecule has 3 N–H and O–H groups in total. The molecule has 3 heterocycles. The Balaban J connectivity index is 1.67. The molecule has 0 atom stereocenters. The molecule has 6 nitrogen and oxygen atoms in total. The lowest BCUT2D eigenvalue weighted by Crippen LogP contribution is -2.13. The third-order valence-corrected chi connectivity index (χ3v) is 2.83. The molecule has 0 saturated carbocycles. The highest BCUT2D eigenvalue weighted by molar-refractivity contribution is 5.61. The molecule has 6 heteroatoms. The molecule has 0 unspecified atom stereocenters. The van der Waals surface area contributed by atoms with Crippen molar-refractivity contribution in [3.05, 3.63) is 54.5 Å². The largest absolute Gasteiger partial charge is 0.348 e. The zero-order chi connectivity index (χ0) is 12.9. The quantitative estimate of drug-likeness (QED) is 0.644. The number of nitrogens with zero attached hydrogens (tertiary/aromatic N) is 3. The van der Waals surface area contributed by atoms with Gasteiger partial charge in [-0.3, -0.25) is 10.1 Å². The fourth-order valence-corrected chi connectivity index (χ4v) is 1.92. The Bertz CT molecular complexity index is 614. The van der Waals surface area contributed by atoms with Crippen molar-refractivity contribution in [1.82, 2.24) is 30.5 Å². The van der Waals surface area contributed by atoms with Crippen molar-refractivity contribution in [1.29, 1.82) is 0 Å². The van der Waals surface area contributed by atoms with Crippen LogP contribution in [0.2, 0.25) is 0 Å². The standard InChI is InChI=1S/C13H14N6/c1-2-10(6-14-3-1)13-11(8-18-19-13)7-15-9-12-16-4-5-17-12/h1-6,8,15H,7,9H2,(H,16,17)(H,18,19). The fraction of sp³-hybridized carbons (Fsp3) is 0.154. The molecular formula is C13H14N6. The van der Waals surface area contributed by atoms with E-state index in [0.29, 0.717) is 6.54 Å². The SMILES string of the molecule is c1cncc(-c2[nH]ncc2CNCc2ncc[nH]2)c1. The van der Waals surface area contributed by atoms with Crippen molar-refractivity contribution in [2.75, 3.05) is 0 Å². The molecule has 0 aromatic carbocycles. The van der Waals surface area contributed by atoms with Gasteiger partial charge < -0.3 is 10.3 Å². The highest BCUT2D eigenvalue weighted by Crippen LogP contribution is 2.19. The van der Waals surface area contributed by atoms with Crippen LogP contribution in [-0.2, 0) is 13.1 Å². The van der Waals surface area contributed by atoms with Crippen molar-refractivity contribution < 1.29 is 0 Å². The summed E-state index contributed by atoms with van der Waals surface area (Å²) in [4.78, 5) is 11.3. The number of aromatic amines is 2. The third kappa shape index (κ3) is 2.69. The second-order valence-electron chi connectivity index (χ2n) is 4.15. The van der Waals surface area contributed by atoms with Gasteiger partial charge in [0.05, 0.1) is 18.4 Å². The van der Waals surface area contributed by atoms with E-state index in [-0.39, 0.29) is 0 Å². The van der Waals surface area contributed by atoms with Gasteiger partial charge in [0.1, 0.15) is 5.82 Å². The van der Waals surface area contributed by atoms with Gasteiger partial charge in [0.2, 0.25) is 0 Å². The van der Waals surface area contributed by atoms with E-state index in [1.807, 2.05) is 30.7 Å². The average Bonchev–Trinajstić information content (AvgIpc) is 3.11. The molecular weight excluding hydrogens is 240 g/mol. The van der Waals surface area contributed by atoms with Crippen LogP contribution in [0.3, 0.4) is 0 Å². The van der Waals surface area contributed by atoms with Gasteiger partial charge in [-0.25, -0.2) is 4.98 Å². The van der Waals surface area contributed by atoms with Crippen molar-refractivity contribution in [2.24, 2.45) is 0 Å². The van der Waals surface area contributed by atoms with E-state index in [4.69, 9.17) is 0 Å². The van der Waals surface area contributed by atoms with Gasteiger partial charge in [-0.1, -0.05) is 0 Å². The third-order valence-electron chi connectivity index (χ3n) is 2.83. The zero-order valence-electron chi connectivity index (χ0n) is 10.3. The van der Waals surface area contributed by atoms with Crippen molar-refractivity contribution in [3.63, 3.8) is 0 Å². The Morgan fingerprint density at radius 2 is 2.16 bits per heavy atom. The number of H-pyrrole nitrogens is 2. The maximum atomic E-state index is 4.16. The van der Waals surface area contributed by atoms with Crippen LogP contribution < -0.4 is 5.32 Å². The lowest BCUT2D eigenvalue weighted by atomic mass is 10.1. The number of imidazole rings is 1. The maximum absolute atomic E-state index is 4.16. The van der Waals surface area contributed by atoms with Gasteiger partial charge in [0, 0.05) is 42.5 Å². The average molecular weight is 254 g/mol. The predicted molar refractivity (Wildman–Crippen MR) is 71.0 cm³/mol. The summed E-state index contributed by atoms with van der Waals surface area (Å²) >= 11 is 0. The molecule has 0 radical (unpaired) electrons. The van der Waals surface area contributed by atoms with E-state index in [1.165, 1.54) is 0 Å². The zero-order valence-corrected chi connectivity index (χ0v) is 10.3. The minimum atomic E-state index is 0.699. The first-order chi connectivity index (χ1) is 9.43. The Labute approximate surface area is 110 Å². The van der Waals surface area contributed by atoms with Gasteiger partial charge in [-0.05, 0) is 12.1 Å². The minimum absolute atomic E-state index is 0.699. The number of hydrogen-bond acceptors (Lipinski definition) is 4. The van der Waals surface area contributed by atoms with E-state index >= 15 is 0 Å². The maximum Gasteiger partial charge on any atom is 0.120 e. The number of nitrogens with one attached hydrogen (secondary N) is 3. The summed E-state index contributed by atoms with van der Waals surface area (Å²) in [6, 6.07) is 3.92. The van der Waals surface area contributed by atoms with Crippen LogP contribution in [0.15, 0.2) is 43.1 Å². The summed E-state index contributed by atoms with van der Waals surface area (Å²) in [7, 11) is 0. The molecule has 3 aromatic rings. The van der Waals surface area contributed by atoms with Crippen molar-refractivity contribution in [3.8, 4) is 11.3 Å². The monoisotopic (exact) mass is 254 g/mol. The van der Waals surface area contributed by atoms with Crippen molar-refractivity contribution >= 4 is 0 Å². The van der Waals surface area contributed by atoms with Crippen LogP contribution in [0.5, 0.6) is 0 Å². The lowest BCUT2D eigenvalue weighted by Gasteiger charge is -2.04. The molecule has 0 spiro atoms. The summed E-state index contributed by atoms with van der Waals surface area (Å²) in [5.41, 5.74) is 3.15. The Hall–Kier alpha value is -2.47. The normalized spacial score (nSPS) is 10.7. The molecule has 0 saturated heterocycles. The first-order valence-corrected chi connectivity index (χ1v) is 6.05. The topological polar surface area (TPSA) is 82.3 Å². The number of pyridine rings is 1. The summed E-state index contributed by atoms with van der Waals surface area (Å²) in [6.45, 7) is 1.42. The number of rotatable bonds is 5. The molecule has 0 aliphatic rings. The molecule has 0 bridgehead atoms. The Morgan fingerprint density at radius 1 is 1.16 bits per heavy atom. The van der Waals surface area contributed by atoms with Gasteiger partial charge in [-0.15, -0.1) is 0 Å². The van der Waals surface area contributed by atoms with E-state index in [2.05, 4.69) is 30.5 Å². The second kappa shape index (κ2) is 5.45. The first kappa shape index (κ1) is 11.6. The molecule has 0 aliphatic carbocycles. The van der Waals surface area contributed by atoms with Gasteiger partial charge in [-0.2, -0.15) is 5.10 Å². The van der Waals surface area contributed by atoms with Crippen LogP contribution in [0.4, 0.5) is 0 Å². The summed E-state index contributed by atoms with van der Waals surface area (Å²) < 4.78 is 0. The van der Waals surface area contributed by atoms with Crippen LogP contribution in [0.25, 0.3) is 11.3 Å². The van der Waals surface area contributed by atoms with Crippen LogP contribution in [0.1, 0.15) is 11.4 Å². The van der Waals surface area contributed by atoms with Crippen LogP contribution >= 0.6 is 0 Å². The molecule has 0 amide bonds. The molecule has 3 rings (SSSR count). The molecule has 96 valence electrons. The van der Waals surface area contributed by atoms with Gasteiger partial charge in [0.15, 0.2) is 0 Å². The first-order valence-electron chi connectivity index (χ1n) is 6.05. The van der Waals surface area contributed by atoms with Crippen LogP contribution in [0, 0.1) is 0 Å². The molecule has 0 aliphatic heterocycles. The summed E-state index contributed by atoms with van der Waals surface area (Å²) in [5, 5.41) is 10.4. The number of aromatic nitrogens is 5. The van der Waals surface area contributed by atoms with Gasteiger partial charge in [0.25, 0.3) is 0 Å². The smallest absolute Gasteiger partial charge is 0.120 e. The molecule has 19 heavy (non-hydrogen) atoms. The summed E-state index contributed by atoms with van der Waals surface area (Å²) in [6.07, 6.45) is 8.97. The van der Waals surface area contributed by atoms with E-state index < -0.39 is 0 Å². The minimum Gasteiger partial charge on any atom is -0.348 e. The van der Waals surface area contributed by atoms with Crippen LogP contribution in [-0.4, -0.2) is 25.1 Å². The molecule has 3 aromatic heterocycles. The highest BCUT2D eigenvalue weighted by atomic mass is 15.1. The number of hydrogen-bond donors (Lipinski definition) is 3. The van der Waals surface area contributed by atoms with E-state index in [1.54, 1.807) is 12.4 Å². The van der Waals surface area contributed by atoms with Crippen molar-refractivity contribution in [2.45, 2.75) is 13.1 Å². The second-order valence-corrected chi connectivity index (χ2v) is 4.15. The lowest BCUT2D eigenvalue weighted by molar-refractivity contribution is 0.670. The Morgan fingerprint density at radius 3 is 2.95 bits per heavy atom. The van der Waals surface area contributed by atoms with E-state index in [9.17, 15) is 0 Å². The Kier molecular flexibility index (Phi) is 3.33. The predicted octanol–water partition coefficient (Wildman–Crippen LogP) is 1.48.